The van der Waals surface area contributed by atoms with Crippen LogP contribution >= 0.6 is 23.1 Å². The molecule has 1 unspecified atom stereocenters. The first kappa shape index (κ1) is 24.2. The van der Waals surface area contributed by atoms with E-state index in [9.17, 15) is 8.42 Å². The van der Waals surface area contributed by atoms with E-state index in [1.165, 1.54) is 23.1 Å². The van der Waals surface area contributed by atoms with Gasteiger partial charge in [-0.15, -0.1) is 11.3 Å². The van der Waals surface area contributed by atoms with Crippen molar-refractivity contribution in [2.45, 2.75) is 21.7 Å². The fourth-order valence-corrected chi connectivity index (χ4v) is 7.33. The zero-order valence-corrected chi connectivity index (χ0v) is 21.3. The van der Waals surface area contributed by atoms with E-state index in [4.69, 9.17) is 15.5 Å². The number of nitrogens with one attached hydrogen (secondary N) is 2. The van der Waals surface area contributed by atoms with Crippen LogP contribution < -0.4 is 20.5 Å². The van der Waals surface area contributed by atoms with Crippen molar-refractivity contribution in [1.82, 2.24) is 15.0 Å². The molecule has 0 radical (unpaired) electrons. The van der Waals surface area contributed by atoms with Crippen LogP contribution in [0.15, 0.2) is 82.6 Å². The number of sulfonamides is 1. The number of nitrogens with two attached hydrogens (primary N) is 1. The van der Waals surface area contributed by atoms with Gasteiger partial charge in [-0.2, -0.15) is 4.72 Å². The number of thiazole rings is 1. The van der Waals surface area contributed by atoms with Crippen LogP contribution in [-0.4, -0.2) is 33.1 Å². The summed E-state index contributed by atoms with van der Waals surface area (Å²) in [6.45, 7) is 3.06. The smallest absolute Gasteiger partial charge is 0.241 e. The third kappa shape index (κ3) is 5.85. The highest BCUT2D eigenvalue weighted by atomic mass is 32.2. The molecule has 10 heteroatoms. The molecular formula is C25H26N4O3S3. The molecule has 182 valence electrons. The maximum atomic E-state index is 13.2. The Morgan fingerprint density at radius 1 is 1.11 bits per heavy atom. The molecule has 7 nitrogen and oxygen atoms in total. The number of nitrogens with zero attached hydrogens (tertiary/aromatic N) is 1. The van der Waals surface area contributed by atoms with E-state index < -0.39 is 15.4 Å². The minimum atomic E-state index is -3.76. The predicted molar refractivity (Wildman–Crippen MR) is 141 cm³/mol. The van der Waals surface area contributed by atoms with Crippen LogP contribution in [0.4, 0.5) is 0 Å². The van der Waals surface area contributed by atoms with Gasteiger partial charge in [0.1, 0.15) is 16.1 Å². The second-order valence-corrected chi connectivity index (χ2v) is 12.3. The zero-order valence-electron chi connectivity index (χ0n) is 18.9. The summed E-state index contributed by atoms with van der Waals surface area (Å²) in [7, 11) is -3.76. The van der Waals surface area contributed by atoms with Crippen molar-refractivity contribution in [2.24, 2.45) is 11.7 Å². The SMILES string of the molecule is NCc1cccc(SC(NS(=O)(=O)c2ccccc2)c2nc3ccc(OCC4CNC4)cc3s2)c1. The average Bonchev–Trinajstić information content (AvgIpc) is 3.27. The lowest BCUT2D eigenvalue weighted by Crippen LogP contribution is -2.45. The summed E-state index contributed by atoms with van der Waals surface area (Å²) < 4.78 is 36.1. The summed E-state index contributed by atoms with van der Waals surface area (Å²) in [6.07, 6.45) is 0. The standard InChI is InChI=1S/C25H26N4O3S3/c26-13-17-5-4-6-20(11-17)33-25(29-35(30,31)21-7-2-1-3-8-21)24-28-22-10-9-19(12-23(22)34-24)32-16-18-14-27-15-18/h1-12,18,25,27,29H,13-16,26H2. The highest BCUT2D eigenvalue weighted by Gasteiger charge is 2.25. The van der Waals surface area contributed by atoms with Gasteiger partial charge in [-0.05, 0) is 48.0 Å². The Morgan fingerprint density at radius 3 is 2.69 bits per heavy atom. The number of benzene rings is 3. The summed E-state index contributed by atoms with van der Waals surface area (Å²) >= 11 is 2.86. The van der Waals surface area contributed by atoms with Crippen LogP contribution in [0.1, 0.15) is 15.9 Å². The van der Waals surface area contributed by atoms with Crippen LogP contribution in [0, 0.1) is 5.92 Å². The topological polar surface area (TPSA) is 106 Å². The van der Waals surface area contributed by atoms with Gasteiger partial charge in [0.2, 0.25) is 10.0 Å². The number of hydrogen-bond acceptors (Lipinski definition) is 8. The number of thioether (sulfide) groups is 1. The van der Waals surface area contributed by atoms with Gasteiger partial charge < -0.3 is 15.8 Å². The van der Waals surface area contributed by atoms with E-state index in [0.29, 0.717) is 24.1 Å². The number of aromatic nitrogens is 1. The van der Waals surface area contributed by atoms with Crippen LogP contribution in [0.2, 0.25) is 0 Å². The average molecular weight is 527 g/mol. The molecule has 0 amide bonds. The molecule has 2 heterocycles. The Balaban J connectivity index is 1.44. The van der Waals surface area contributed by atoms with Gasteiger partial charge in [0.15, 0.2) is 0 Å². The summed E-state index contributed by atoms with van der Waals surface area (Å²) in [5.41, 5.74) is 7.60. The van der Waals surface area contributed by atoms with Crippen molar-refractivity contribution >= 4 is 43.3 Å². The normalized spacial score (nSPS) is 15.1. The number of fused-ring (bicyclic) bond motifs is 1. The summed E-state index contributed by atoms with van der Waals surface area (Å²) in [5.74, 6) is 1.34. The monoisotopic (exact) mass is 526 g/mol. The van der Waals surface area contributed by atoms with Crippen molar-refractivity contribution in [3.63, 3.8) is 0 Å². The van der Waals surface area contributed by atoms with Gasteiger partial charge in [-0.25, -0.2) is 13.4 Å². The molecule has 0 bridgehead atoms. The quantitative estimate of drug-likeness (QED) is 0.211. The van der Waals surface area contributed by atoms with Crippen molar-refractivity contribution in [1.29, 1.82) is 0 Å². The first-order chi connectivity index (χ1) is 17.0. The highest BCUT2D eigenvalue weighted by Crippen LogP contribution is 2.39. The third-order valence-electron chi connectivity index (χ3n) is 5.66. The Bertz CT molecular complexity index is 1410. The van der Waals surface area contributed by atoms with Crippen LogP contribution in [0.5, 0.6) is 5.75 Å². The van der Waals surface area contributed by atoms with Gasteiger partial charge in [0.25, 0.3) is 0 Å². The van der Waals surface area contributed by atoms with Gasteiger partial charge in [-0.1, -0.05) is 42.1 Å². The van der Waals surface area contributed by atoms with E-state index in [1.54, 1.807) is 30.3 Å². The Kier molecular flexibility index (Phi) is 7.37. The molecule has 0 saturated carbocycles. The van der Waals surface area contributed by atoms with E-state index in [0.717, 1.165) is 39.5 Å². The van der Waals surface area contributed by atoms with Gasteiger partial charge >= 0.3 is 0 Å². The zero-order chi connectivity index (χ0) is 24.3. The van der Waals surface area contributed by atoms with E-state index in [-0.39, 0.29) is 4.90 Å². The Hall–Kier alpha value is -2.47. The summed E-state index contributed by atoms with van der Waals surface area (Å²) in [6, 6.07) is 22.0. The van der Waals surface area contributed by atoms with Crippen LogP contribution in [-0.2, 0) is 16.6 Å². The van der Waals surface area contributed by atoms with Crippen molar-refractivity contribution in [2.75, 3.05) is 19.7 Å². The van der Waals surface area contributed by atoms with E-state index >= 15 is 0 Å². The molecule has 1 fully saturated rings. The first-order valence-corrected chi connectivity index (χ1v) is 14.5. The Morgan fingerprint density at radius 2 is 1.94 bits per heavy atom. The summed E-state index contributed by atoms with van der Waals surface area (Å²) in [5, 5.41) is 3.30. The fraction of sp³-hybridized carbons (Fsp3) is 0.240. The first-order valence-electron chi connectivity index (χ1n) is 11.3. The van der Waals surface area contributed by atoms with Gasteiger partial charge in [-0.3, -0.25) is 0 Å². The lowest BCUT2D eigenvalue weighted by molar-refractivity contribution is 0.199. The van der Waals surface area contributed by atoms with Crippen molar-refractivity contribution in [3.8, 4) is 5.75 Å². The number of ether oxygens (including phenoxy) is 1. The molecule has 35 heavy (non-hydrogen) atoms. The van der Waals surface area contributed by atoms with Crippen LogP contribution in [0.25, 0.3) is 10.2 Å². The highest BCUT2D eigenvalue weighted by molar-refractivity contribution is 8.00. The Labute approximate surface area is 213 Å². The second-order valence-electron chi connectivity index (χ2n) is 8.30. The molecule has 4 aromatic rings. The summed E-state index contributed by atoms with van der Waals surface area (Å²) in [4.78, 5) is 5.89. The van der Waals surface area contributed by atoms with Crippen molar-refractivity contribution < 1.29 is 13.2 Å². The lowest BCUT2D eigenvalue weighted by atomic mass is 10.1. The molecule has 5 rings (SSSR count). The van der Waals surface area contributed by atoms with Crippen LogP contribution in [0.3, 0.4) is 0 Å². The van der Waals surface area contributed by atoms with Gasteiger partial charge in [0, 0.05) is 30.4 Å². The predicted octanol–water partition coefficient (Wildman–Crippen LogP) is 4.12. The molecule has 1 atom stereocenters. The number of rotatable bonds is 10. The molecule has 1 aromatic heterocycles. The second kappa shape index (κ2) is 10.7. The maximum Gasteiger partial charge on any atom is 0.241 e. The molecule has 4 N–H and O–H groups in total. The third-order valence-corrected chi connectivity index (χ3v) is 9.58. The van der Waals surface area contributed by atoms with Gasteiger partial charge in [0.05, 0.1) is 21.7 Å². The molecular weight excluding hydrogens is 501 g/mol. The lowest BCUT2D eigenvalue weighted by Gasteiger charge is -2.26. The van der Waals surface area contributed by atoms with Crippen molar-refractivity contribution in [3.05, 3.63) is 83.4 Å². The number of hydrogen-bond donors (Lipinski definition) is 3. The molecule has 1 saturated heterocycles. The molecule has 1 aliphatic rings. The molecule has 0 aliphatic carbocycles. The van der Waals surface area contributed by atoms with E-state index in [1.807, 2.05) is 42.5 Å². The minimum absolute atomic E-state index is 0.212. The maximum absolute atomic E-state index is 13.2. The minimum Gasteiger partial charge on any atom is -0.493 e. The largest absolute Gasteiger partial charge is 0.493 e. The molecule has 1 aliphatic heterocycles. The molecule has 3 aromatic carbocycles. The molecule has 0 spiro atoms. The van der Waals surface area contributed by atoms with E-state index in [2.05, 4.69) is 10.0 Å². The fourth-order valence-electron chi connectivity index (χ4n) is 3.62.